The van der Waals surface area contributed by atoms with E-state index >= 15 is 0 Å². The first-order chi connectivity index (χ1) is 5.69. The average Bonchev–Trinajstić information content (AvgIpc) is 2.09. The molecule has 0 N–H and O–H groups in total. The molecule has 0 aliphatic rings. The SMILES string of the molecule is COc1nc(I)c(Cl)c(OC)n1. The molecule has 66 valence electrons. The topological polar surface area (TPSA) is 44.2 Å². The van der Waals surface area contributed by atoms with Crippen molar-refractivity contribution in [3.05, 3.63) is 8.72 Å². The molecule has 1 rings (SSSR count). The first-order valence-corrected chi connectivity index (χ1v) is 4.45. The van der Waals surface area contributed by atoms with E-state index in [1.165, 1.54) is 14.2 Å². The normalized spacial score (nSPS) is 9.67. The summed E-state index contributed by atoms with van der Waals surface area (Å²) in [5, 5.41) is 0.402. The Morgan fingerprint density at radius 1 is 1.25 bits per heavy atom. The van der Waals surface area contributed by atoms with Gasteiger partial charge in [-0.25, -0.2) is 0 Å². The summed E-state index contributed by atoms with van der Waals surface area (Å²) in [5.41, 5.74) is 0. The zero-order valence-corrected chi connectivity index (χ0v) is 9.38. The van der Waals surface area contributed by atoms with Gasteiger partial charge in [0.25, 0.3) is 0 Å². The number of methoxy groups -OCH3 is 2. The van der Waals surface area contributed by atoms with Gasteiger partial charge in [0, 0.05) is 0 Å². The van der Waals surface area contributed by atoms with Gasteiger partial charge < -0.3 is 9.47 Å². The van der Waals surface area contributed by atoms with E-state index in [2.05, 4.69) is 9.97 Å². The van der Waals surface area contributed by atoms with Crippen molar-refractivity contribution in [2.45, 2.75) is 0 Å². The highest BCUT2D eigenvalue weighted by atomic mass is 127. The highest BCUT2D eigenvalue weighted by Gasteiger charge is 2.10. The lowest BCUT2D eigenvalue weighted by molar-refractivity contribution is 0.351. The molecule has 0 amide bonds. The highest BCUT2D eigenvalue weighted by molar-refractivity contribution is 14.1. The highest BCUT2D eigenvalue weighted by Crippen LogP contribution is 2.27. The van der Waals surface area contributed by atoms with Gasteiger partial charge in [0.05, 0.1) is 14.2 Å². The van der Waals surface area contributed by atoms with Crippen molar-refractivity contribution in [3.63, 3.8) is 0 Å². The van der Waals surface area contributed by atoms with E-state index in [1.54, 1.807) is 0 Å². The van der Waals surface area contributed by atoms with Crippen LogP contribution in [0.2, 0.25) is 5.02 Å². The third-order valence-corrected chi connectivity index (χ3v) is 2.58. The molecule has 0 aliphatic heterocycles. The summed E-state index contributed by atoms with van der Waals surface area (Å²) in [4.78, 5) is 7.82. The second-order valence-electron chi connectivity index (χ2n) is 1.82. The predicted octanol–water partition coefficient (Wildman–Crippen LogP) is 1.75. The Morgan fingerprint density at radius 2 is 1.92 bits per heavy atom. The fraction of sp³-hybridized carbons (Fsp3) is 0.333. The lowest BCUT2D eigenvalue weighted by Crippen LogP contribution is -1.98. The van der Waals surface area contributed by atoms with Gasteiger partial charge >= 0.3 is 6.01 Å². The van der Waals surface area contributed by atoms with Gasteiger partial charge in [0.15, 0.2) is 0 Å². The van der Waals surface area contributed by atoms with Crippen LogP contribution >= 0.6 is 34.2 Å². The largest absolute Gasteiger partial charge is 0.480 e. The van der Waals surface area contributed by atoms with Crippen LogP contribution in [0.15, 0.2) is 0 Å². The lowest BCUT2D eigenvalue weighted by Gasteiger charge is -2.04. The molecule has 0 bridgehead atoms. The van der Waals surface area contributed by atoms with Gasteiger partial charge in [-0.15, -0.1) is 0 Å². The Labute approximate surface area is 88.4 Å². The second-order valence-corrected chi connectivity index (χ2v) is 3.22. The van der Waals surface area contributed by atoms with Gasteiger partial charge in [-0.3, -0.25) is 0 Å². The third-order valence-electron chi connectivity index (χ3n) is 1.14. The lowest BCUT2D eigenvalue weighted by atomic mass is 10.6. The maximum absolute atomic E-state index is 5.81. The van der Waals surface area contributed by atoms with Crippen molar-refractivity contribution in [2.24, 2.45) is 0 Å². The molecule has 4 nitrogen and oxygen atoms in total. The monoisotopic (exact) mass is 300 g/mol. The number of hydrogen-bond donors (Lipinski definition) is 0. The molecule has 0 aromatic carbocycles. The van der Waals surface area contributed by atoms with Crippen LogP contribution in [0.25, 0.3) is 0 Å². The van der Waals surface area contributed by atoms with Crippen LogP contribution in [0.5, 0.6) is 11.9 Å². The molecule has 1 aromatic rings. The average molecular weight is 300 g/mol. The summed E-state index contributed by atoms with van der Waals surface area (Å²) >= 11 is 7.79. The Bertz CT molecular complexity index is 295. The Balaban J connectivity index is 3.19. The minimum absolute atomic E-state index is 0.251. The molecular formula is C6H6ClIN2O2. The first-order valence-electron chi connectivity index (χ1n) is 3.00. The van der Waals surface area contributed by atoms with Crippen molar-refractivity contribution >= 4 is 34.2 Å². The minimum Gasteiger partial charge on any atom is -0.480 e. The molecule has 1 aromatic heterocycles. The van der Waals surface area contributed by atoms with E-state index in [1.807, 2.05) is 22.6 Å². The van der Waals surface area contributed by atoms with Crippen molar-refractivity contribution in [1.82, 2.24) is 9.97 Å². The molecule has 0 saturated heterocycles. The summed E-state index contributed by atoms with van der Waals surface area (Å²) in [6, 6.07) is 0.251. The predicted molar refractivity (Wildman–Crippen MR) is 52.9 cm³/mol. The van der Waals surface area contributed by atoms with Gasteiger partial charge in [0.2, 0.25) is 5.88 Å². The fourth-order valence-electron chi connectivity index (χ4n) is 0.609. The number of hydrogen-bond acceptors (Lipinski definition) is 4. The molecule has 1 heterocycles. The molecule has 0 saturated carbocycles. The van der Waals surface area contributed by atoms with E-state index < -0.39 is 0 Å². The zero-order valence-electron chi connectivity index (χ0n) is 6.47. The quantitative estimate of drug-likeness (QED) is 0.616. The molecule has 0 fully saturated rings. The molecule has 6 heteroatoms. The maximum atomic E-state index is 5.81. The van der Waals surface area contributed by atoms with Crippen LogP contribution < -0.4 is 9.47 Å². The molecule has 12 heavy (non-hydrogen) atoms. The van der Waals surface area contributed by atoms with E-state index in [0.29, 0.717) is 14.6 Å². The van der Waals surface area contributed by atoms with E-state index in [4.69, 9.17) is 21.1 Å². The van der Waals surface area contributed by atoms with Crippen LogP contribution in [0, 0.1) is 3.70 Å². The summed E-state index contributed by atoms with van der Waals surface area (Å²) in [6.45, 7) is 0. The summed E-state index contributed by atoms with van der Waals surface area (Å²) in [6.07, 6.45) is 0. The molecule has 0 spiro atoms. The number of halogens is 2. The first kappa shape index (κ1) is 9.79. The standard InChI is InChI=1S/C6H6ClIN2O2/c1-11-5-3(7)4(8)9-6(10-5)12-2/h1-2H3. The third kappa shape index (κ3) is 1.89. The van der Waals surface area contributed by atoms with Crippen LogP contribution in [0.3, 0.4) is 0 Å². The Hall–Kier alpha value is -0.300. The maximum Gasteiger partial charge on any atom is 0.320 e. The van der Waals surface area contributed by atoms with Gasteiger partial charge in [0.1, 0.15) is 8.72 Å². The summed E-state index contributed by atoms with van der Waals surface area (Å²) in [7, 11) is 2.97. The zero-order chi connectivity index (χ0) is 9.14. The smallest absolute Gasteiger partial charge is 0.320 e. The van der Waals surface area contributed by atoms with Crippen LogP contribution in [0.1, 0.15) is 0 Å². The number of nitrogens with zero attached hydrogens (tertiary/aromatic N) is 2. The van der Waals surface area contributed by atoms with Crippen LogP contribution in [-0.4, -0.2) is 24.2 Å². The summed E-state index contributed by atoms with van der Waals surface area (Å²) in [5.74, 6) is 0.327. The van der Waals surface area contributed by atoms with E-state index in [0.717, 1.165) is 0 Å². The van der Waals surface area contributed by atoms with Crippen molar-refractivity contribution in [1.29, 1.82) is 0 Å². The molecule has 0 atom stereocenters. The molecular weight excluding hydrogens is 294 g/mol. The van der Waals surface area contributed by atoms with Gasteiger partial charge in [-0.2, -0.15) is 9.97 Å². The summed E-state index contributed by atoms with van der Waals surface area (Å²) < 4.78 is 10.3. The Morgan fingerprint density at radius 3 is 2.42 bits per heavy atom. The van der Waals surface area contributed by atoms with Gasteiger partial charge in [-0.1, -0.05) is 11.6 Å². The van der Waals surface area contributed by atoms with Crippen molar-refractivity contribution in [2.75, 3.05) is 14.2 Å². The van der Waals surface area contributed by atoms with E-state index in [9.17, 15) is 0 Å². The Kier molecular flexibility index (Phi) is 3.33. The molecule has 0 unspecified atom stereocenters. The van der Waals surface area contributed by atoms with E-state index in [-0.39, 0.29) is 6.01 Å². The van der Waals surface area contributed by atoms with Crippen molar-refractivity contribution < 1.29 is 9.47 Å². The second kappa shape index (κ2) is 4.08. The van der Waals surface area contributed by atoms with Crippen molar-refractivity contribution in [3.8, 4) is 11.9 Å². The van der Waals surface area contributed by atoms with Crippen LogP contribution in [-0.2, 0) is 0 Å². The number of rotatable bonds is 2. The molecule has 0 aliphatic carbocycles. The minimum atomic E-state index is 0.251. The fourth-order valence-corrected chi connectivity index (χ4v) is 1.21. The van der Waals surface area contributed by atoms with Gasteiger partial charge in [-0.05, 0) is 22.6 Å². The van der Waals surface area contributed by atoms with Crippen LogP contribution in [0.4, 0.5) is 0 Å². The number of aromatic nitrogens is 2. The molecule has 0 radical (unpaired) electrons. The number of ether oxygens (including phenoxy) is 2.